The molecule has 0 spiro atoms. The molecule has 0 bridgehead atoms. The van der Waals surface area contributed by atoms with E-state index in [4.69, 9.17) is 10.3 Å². The highest BCUT2D eigenvalue weighted by Crippen LogP contribution is 2.04. The minimum atomic E-state index is -0.259. The van der Waals surface area contributed by atoms with Crippen molar-refractivity contribution in [3.8, 4) is 0 Å². The average Bonchev–Trinajstić information content (AvgIpc) is 2.89. The van der Waals surface area contributed by atoms with E-state index in [0.717, 1.165) is 0 Å². The SMILES string of the molecule is NNc1ccc(C(=O)NCc2ccco2)nc1. The molecule has 2 aromatic heterocycles. The number of hydrogen-bond donors (Lipinski definition) is 3. The summed E-state index contributed by atoms with van der Waals surface area (Å²) in [5, 5.41) is 2.69. The van der Waals surface area contributed by atoms with Gasteiger partial charge in [0.15, 0.2) is 0 Å². The molecule has 0 aromatic carbocycles. The Hall–Kier alpha value is -2.34. The summed E-state index contributed by atoms with van der Waals surface area (Å²) in [4.78, 5) is 15.6. The molecule has 88 valence electrons. The third-order valence-corrected chi connectivity index (χ3v) is 2.17. The summed E-state index contributed by atoms with van der Waals surface area (Å²) >= 11 is 0. The molecule has 0 fully saturated rings. The molecule has 0 radical (unpaired) electrons. The number of hydrazine groups is 1. The molecule has 17 heavy (non-hydrogen) atoms. The molecular formula is C11H12N4O2. The molecule has 2 rings (SSSR count). The maximum atomic E-state index is 11.7. The molecule has 6 nitrogen and oxygen atoms in total. The Kier molecular flexibility index (Phi) is 3.37. The van der Waals surface area contributed by atoms with E-state index in [1.807, 2.05) is 0 Å². The van der Waals surface area contributed by atoms with Crippen LogP contribution in [0.5, 0.6) is 0 Å². The number of anilines is 1. The van der Waals surface area contributed by atoms with Crippen molar-refractivity contribution in [3.63, 3.8) is 0 Å². The van der Waals surface area contributed by atoms with Crippen LogP contribution in [0, 0.1) is 0 Å². The van der Waals surface area contributed by atoms with Gasteiger partial charge in [0, 0.05) is 0 Å². The van der Waals surface area contributed by atoms with Gasteiger partial charge >= 0.3 is 0 Å². The molecule has 0 unspecified atom stereocenters. The lowest BCUT2D eigenvalue weighted by Crippen LogP contribution is -2.23. The fraction of sp³-hybridized carbons (Fsp3) is 0.0909. The number of carbonyl (C=O) groups is 1. The number of pyridine rings is 1. The molecule has 0 aliphatic carbocycles. The molecule has 0 saturated heterocycles. The highest BCUT2D eigenvalue weighted by atomic mass is 16.3. The Labute approximate surface area is 97.8 Å². The van der Waals surface area contributed by atoms with Gasteiger partial charge in [-0.25, -0.2) is 4.98 Å². The minimum absolute atomic E-state index is 0.259. The lowest BCUT2D eigenvalue weighted by Gasteiger charge is -2.03. The standard InChI is InChI=1S/C11H12N4O2/c12-15-8-3-4-10(13-6-8)11(16)14-7-9-2-1-5-17-9/h1-6,15H,7,12H2,(H,14,16). The summed E-state index contributed by atoms with van der Waals surface area (Å²) < 4.78 is 5.09. The van der Waals surface area contributed by atoms with Crippen molar-refractivity contribution in [2.24, 2.45) is 5.84 Å². The summed E-state index contributed by atoms with van der Waals surface area (Å²) in [6.07, 6.45) is 3.04. The highest BCUT2D eigenvalue weighted by molar-refractivity contribution is 5.92. The maximum Gasteiger partial charge on any atom is 0.270 e. The van der Waals surface area contributed by atoms with E-state index in [9.17, 15) is 4.79 Å². The highest BCUT2D eigenvalue weighted by Gasteiger charge is 2.07. The largest absolute Gasteiger partial charge is 0.467 e. The van der Waals surface area contributed by atoms with Crippen LogP contribution in [0.2, 0.25) is 0 Å². The zero-order valence-electron chi connectivity index (χ0n) is 9.01. The number of carbonyl (C=O) groups excluding carboxylic acids is 1. The van der Waals surface area contributed by atoms with Gasteiger partial charge in [-0.3, -0.25) is 10.6 Å². The number of nitrogen functional groups attached to an aromatic ring is 1. The van der Waals surface area contributed by atoms with E-state index in [2.05, 4.69) is 15.7 Å². The molecule has 1 amide bonds. The van der Waals surface area contributed by atoms with Crippen LogP contribution in [0.3, 0.4) is 0 Å². The summed E-state index contributed by atoms with van der Waals surface area (Å²) in [7, 11) is 0. The fourth-order valence-electron chi connectivity index (χ4n) is 1.28. The number of nitrogens with one attached hydrogen (secondary N) is 2. The predicted molar refractivity (Wildman–Crippen MR) is 61.9 cm³/mol. The van der Waals surface area contributed by atoms with Crippen molar-refractivity contribution in [2.75, 3.05) is 5.43 Å². The average molecular weight is 232 g/mol. The maximum absolute atomic E-state index is 11.7. The number of hydrogen-bond acceptors (Lipinski definition) is 5. The number of amides is 1. The van der Waals surface area contributed by atoms with Gasteiger partial charge in [0.1, 0.15) is 11.5 Å². The summed E-state index contributed by atoms with van der Waals surface area (Å²) in [6.45, 7) is 0.338. The van der Waals surface area contributed by atoms with Crippen LogP contribution >= 0.6 is 0 Å². The first kappa shape index (κ1) is 11.2. The normalized spacial score (nSPS) is 9.94. The zero-order chi connectivity index (χ0) is 12.1. The van der Waals surface area contributed by atoms with Crippen LogP contribution in [0.25, 0.3) is 0 Å². The van der Waals surface area contributed by atoms with Gasteiger partial charge in [-0.1, -0.05) is 0 Å². The Morgan fingerprint density at radius 2 is 2.29 bits per heavy atom. The molecule has 2 heterocycles. The third-order valence-electron chi connectivity index (χ3n) is 2.17. The number of aromatic nitrogens is 1. The fourth-order valence-corrected chi connectivity index (χ4v) is 1.28. The number of nitrogens with zero attached hydrogens (tertiary/aromatic N) is 1. The van der Waals surface area contributed by atoms with Crippen molar-refractivity contribution in [3.05, 3.63) is 48.2 Å². The quantitative estimate of drug-likeness (QED) is 0.537. The van der Waals surface area contributed by atoms with Gasteiger partial charge < -0.3 is 15.2 Å². The van der Waals surface area contributed by atoms with E-state index >= 15 is 0 Å². The summed E-state index contributed by atoms with van der Waals surface area (Å²) in [5.41, 5.74) is 3.41. The Balaban J connectivity index is 1.95. The van der Waals surface area contributed by atoms with Gasteiger partial charge in [-0.15, -0.1) is 0 Å². The van der Waals surface area contributed by atoms with Crippen molar-refractivity contribution in [1.29, 1.82) is 0 Å². The number of nitrogens with two attached hydrogens (primary N) is 1. The Bertz CT molecular complexity index is 479. The molecule has 0 aliphatic rings. The summed E-state index contributed by atoms with van der Waals surface area (Å²) in [5.74, 6) is 5.63. The van der Waals surface area contributed by atoms with Crippen LogP contribution < -0.4 is 16.6 Å². The molecule has 0 saturated carbocycles. The smallest absolute Gasteiger partial charge is 0.270 e. The number of rotatable bonds is 4. The molecule has 4 N–H and O–H groups in total. The van der Waals surface area contributed by atoms with Crippen LogP contribution in [-0.4, -0.2) is 10.9 Å². The van der Waals surface area contributed by atoms with Crippen LogP contribution in [0.1, 0.15) is 16.2 Å². The molecule has 0 atom stereocenters. The van der Waals surface area contributed by atoms with E-state index in [0.29, 0.717) is 23.7 Å². The van der Waals surface area contributed by atoms with Crippen molar-refractivity contribution in [1.82, 2.24) is 10.3 Å². The van der Waals surface area contributed by atoms with Gasteiger partial charge in [-0.2, -0.15) is 0 Å². The number of furan rings is 1. The van der Waals surface area contributed by atoms with E-state index in [1.54, 1.807) is 30.5 Å². The van der Waals surface area contributed by atoms with Crippen LogP contribution in [0.15, 0.2) is 41.1 Å². The van der Waals surface area contributed by atoms with Gasteiger partial charge in [0.2, 0.25) is 0 Å². The second-order valence-corrected chi connectivity index (χ2v) is 3.34. The topological polar surface area (TPSA) is 93.2 Å². The van der Waals surface area contributed by atoms with Crippen molar-refractivity contribution in [2.45, 2.75) is 6.54 Å². The third kappa shape index (κ3) is 2.82. The van der Waals surface area contributed by atoms with Gasteiger partial charge in [-0.05, 0) is 24.3 Å². The Morgan fingerprint density at radius 1 is 1.41 bits per heavy atom. The zero-order valence-corrected chi connectivity index (χ0v) is 9.01. The second kappa shape index (κ2) is 5.13. The van der Waals surface area contributed by atoms with Gasteiger partial charge in [0.25, 0.3) is 5.91 Å². The molecule has 0 aliphatic heterocycles. The minimum Gasteiger partial charge on any atom is -0.467 e. The van der Waals surface area contributed by atoms with Crippen LogP contribution in [0.4, 0.5) is 5.69 Å². The lowest BCUT2D eigenvalue weighted by molar-refractivity contribution is 0.0943. The van der Waals surface area contributed by atoms with Crippen molar-refractivity contribution >= 4 is 11.6 Å². The summed E-state index contributed by atoms with van der Waals surface area (Å²) in [6, 6.07) is 6.82. The van der Waals surface area contributed by atoms with Crippen molar-refractivity contribution < 1.29 is 9.21 Å². The monoisotopic (exact) mass is 232 g/mol. The first-order valence-electron chi connectivity index (χ1n) is 5.03. The molecule has 6 heteroatoms. The second-order valence-electron chi connectivity index (χ2n) is 3.34. The van der Waals surface area contributed by atoms with Crippen LogP contribution in [-0.2, 0) is 6.54 Å². The Morgan fingerprint density at radius 3 is 2.88 bits per heavy atom. The van der Waals surface area contributed by atoms with E-state index < -0.39 is 0 Å². The lowest BCUT2D eigenvalue weighted by atomic mass is 10.3. The van der Waals surface area contributed by atoms with Gasteiger partial charge in [0.05, 0.1) is 24.7 Å². The molecule has 2 aromatic rings. The first-order valence-corrected chi connectivity index (χ1v) is 5.03. The van der Waals surface area contributed by atoms with E-state index in [1.165, 1.54) is 6.20 Å². The molecular weight excluding hydrogens is 220 g/mol. The first-order chi connectivity index (χ1) is 8.29. The predicted octanol–water partition coefficient (Wildman–Crippen LogP) is 0.890. The van der Waals surface area contributed by atoms with E-state index in [-0.39, 0.29) is 5.91 Å².